The molecule has 1 aromatic rings. The van der Waals surface area contributed by atoms with Crippen molar-refractivity contribution in [3.63, 3.8) is 0 Å². The number of aromatic carboxylic acids is 1. The Morgan fingerprint density at radius 3 is 2.73 bits per heavy atom. The monoisotopic (exact) mass is 168 g/mol. The van der Waals surface area contributed by atoms with Gasteiger partial charge in [0.15, 0.2) is 0 Å². The Bertz CT molecular complexity index is 337. The molecule has 0 fully saturated rings. The molecule has 0 saturated heterocycles. The fraction of sp³-hybridized carbons (Fsp3) is 0. The van der Waals surface area contributed by atoms with Crippen molar-refractivity contribution in [2.24, 2.45) is 0 Å². The first-order valence-corrected chi connectivity index (χ1v) is 3.49. The molecule has 0 amide bonds. The first-order valence-electron chi connectivity index (χ1n) is 2.68. The lowest BCUT2D eigenvalue weighted by atomic mass is 10.3. The highest BCUT2D eigenvalue weighted by atomic mass is 32.1. The van der Waals surface area contributed by atoms with Crippen LogP contribution in [0.3, 0.4) is 0 Å². The van der Waals surface area contributed by atoms with E-state index >= 15 is 0 Å². The topological polar surface area (TPSA) is 87.1 Å². The van der Waals surface area contributed by atoms with Crippen molar-refractivity contribution in [2.45, 2.75) is 0 Å². The number of hydrogen-bond acceptors (Lipinski definition) is 4. The summed E-state index contributed by atoms with van der Waals surface area (Å²) in [6, 6.07) is 3.08. The molecule has 11 heavy (non-hydrogen) atoms. The summed E-state index contributed by atoms with van der Waals surface area (Å²) < 4.78 is 0. The number of rotatable bonds is 1. The number of carbonyl (C=O) groups is 1. The van der Waals surface area contributed by atoms with Gasteiger partial charge in [0.1, 0.15) is 15.9 Å². The number of nitriles is 1. The van der Waals surface area contributed by atoms with Crippen LogP contribution in [0.15, 0.2) is 6.07 Å². The van der Waals surface area contributed by atoms with Gasteiger partial charge in [0.2, 0.25) is 0 Å². The van der Waals surface area contributed by atoms with Gasteiger partial charge in [-0.25, -0.2) is 4.79 Å². The molecule has 1 heterocycles. The first kappa shape index (κ1) is 7.57. The van der Waals surface area contributed by atoms with Crippen LogP contribution in [0, 0.1) is 11.3 Å². The maximum absolute atomic E-state index is 10.4. The van der Waals surface area contributed by atoms with E-state index in [-0.39, 0.29) is 10.6 Å². The summed E-state index contributed by atoms with van der Waals surface area (Å²) in [6.45, 7) is 0. The van der Waals surface area contributed by atoms with Gasteiger partial charge in [-0.2, -0.15) is 5.26 Å². The second-order valence-corrected chi connectivity index (χ2v) is 2.89. The van der Waals surface area contributed by atoms with Crippen molar-refractivity contribution in [3.8, 4) is 6.07 Å². The second kappa shape index (κ2) is 2.60. The van der Waals surface area contributed by atoms with Crippen LogP contribution in [-0.4, -0.2) is 11.1 Å². The zero-order valence-corrected chi connectivity index (χ0v) is 6.18. The summed E-state index contributed by atoms with van der Waals surface area (Å²) in [5, 5.41) is 17.0. The predicted octanol–water partition coefficient (Wildman–Crippen LogP) is 0.900. The number of nitrogen functional groups attached to an aromatic ring is 1. The minimum absolute atomic E-state index is 0.00606. The van der Waals surface area contributed by atoms with Gasteiger partial charge in [-0.15, -0.1) is 11.3 Å². The highest BCUT2D eigenvalue weighted by molar-refractivity contribution is 7.16. The summed E-state index contributed by atoms with van der Waals surface area (Å²) in [5.74, 6) is -1.10. The number of hydrogen-bond donors (Lipinski definition) is 2. The second-order valence-electron chi connectivity index (χ2n) is 1.81. The molecule has 1 rings (SSSR count). The van der Waals surface area contributed by atoms with Gasteiger partial charge in [-0.3, -0.25) is 0 Å². The smallest absolute Gasteiger partial charge is 0.338 e. The van der Waals surface area contributed by atoms with Crippen LogP contribution in [-0.2, 0) is 0 Å². The number of thiophene rings is 1. The van der Waals surface area contributed by atoms with E-state index in [9.17, 15) is 4.79 Å². The van der Waals surface area contributed by atoms with Crippen LogP contribution < -0.4 is 5.73 Å². The van der Waals surface area contributed by atoms with Crippen molar-refractivity contribution in [1.82, 2.24) is 0 Å². The van der Waals surface area contributed by atoms with Crippen molar-refractivity contribution in [1.29, 1.82) is 5.26 Å². The molecule has 0 bridgehead atoms. The number of carboxylic acids is 1. The van der Waals surface area contributed by atoms with E-state index in [0.717, 1.165) is 11.3 Å². The van der Waals surface area contributed by atoms with E-state index in [1.165, 1.54) is 6.07 Å². The number of carboxylic acid groups (broad SMARTS) is 1. The highest BCUT2D eigenvalue weighted by Gasteiger charge is 2.11. The van der Waals surface area contributed by atoms with E-state index < -0.39 is 5.97 Å². The van der Waals surface area contributed by atoms with Crippen LogP contribution in [0.2, 0.25) is 0 Å². The van der Waals surface area contributed by atoms with Crippen LogP contribution in [0.25, 0.3) is 0 Å². The van der Waals surface area contributed by atoms with Crippen molar-refractivity contribution in [2.75, 3.05) is 5.73 Å². The fourth-order valence-electron chi connectivity index (χ4n) is 0.627. The molecule has 0 atom stereocenters. The Morgan fingerprint density at radius 2 is 2.45 bits per heavy atom. The highest BCUT2D eigenvalue weighted by Crippen LogP contribution is 2.23. The molecule has 0 aliphatic heterocycles. The molecule has 56 valence electrons. The van der Waals surface area contributed by atoms with Crippen LogP contribution >= 0.6 is 11.3 Å². The average Bonchev–Trinajstić information content (AvgIpc) is 2.30. The van der Waals surface area contributed by atoms with E-state index in [0.29, 0.717) is 4.88 Å². The number of anilines is 1. The van der Waals surface area contributed by atoms with Crippen molar-refractivity contribution in [3.05, 3.63) is 16.5 Å². The Labute approximate surface area is 66.5 Å². The fourth-order valence-corrected chi connectivity index (χ4v) is 1.34. The van der Waals surface area contributed by atoms with Crippen LogP contribution in [0.4, 0.5) is 5.00 Å². The molecule has 4 nitrogen and oxygen atoms in total. The zero-order valence-electron chi connectivity index (χ0n) is 5.37. The lowest BCUT2D eigenvalue weighted by Gasteiger charge is -1.86. The van der Waals surface area contributed by atoms with Crippen molar-refractivity contribution < 1.29 is 9.90 Å². The predicted molar refractivity (Wildman–Crippen MR) is 40.4 cm³/mol. The minimum Gasteiger partial charge on any atom is -0.478 e. The molecule has 0 radical (unpaired) electrons. The molecule has 0 aromatic carbocycles. The molecular weight excluding hydrogens is 164 g/mol. The van der Waals surface area contributed by atoms with Gasteiger partial charge in [0.25, 0.3) is 0 Å². The van der Waals surface area contributed by atoms with E-state index in [2.05, 4.69) is 0 Å². The molecule has 3 N–H and O–H groups in total. The van der Waals surface area contributed by atoms with Gasteiger partial charge in [-0.05, 0) is 6.07 Å². The minimum atomic E-state index is -1.10. The van der Waals surface area contributed by atoms with E-state index in [1.54, 1.807) is 0 Å². The Kier molecular flexibility index (Phi) is 1.79. The van der Waals surface area contributed by atoms with Crippen LogP contribution in [0.1, 0.15) is 15.2 Å². The quantitative estimate of drug-likeness (QED) is 0.652. The van der Waals surface area contributed by atoms with E-state index in [1.807, 2.05) is 6.07 Å². The Morgan fingerprint density at radius 1 is 1.82 bits per heavy atom. The van der Waals surface area contributed by atoms with Crippen LogP contribution in [0.5, 0.6) is 0 Å². The lowest BCUT2D eigenvalue weighted by Crippen LogP contribution is -1.97. The summed E-state index contributed by atoms with van der Waals surface area (Å²) in [4.78, 5) is 10.7. The molecule has 0 aliphatic rings. The maximum Gasteiger partial charge on any atom is 0.338 e. The molecule has 0 spiro atoms. The molecule has 0 unspecified atom stereocenters. The number of nitrogens with two attached hydrogens (primary N) is 1. The summed E-state index contributed by atoms with van der Waals surface area (Å²) in [7, 11) is 0. The lowest BCUT2D eigenvalue weighted by molar-refractivity contribution is 0.0698. The van der Waals surface area contributed by atoms with Gasteiger partial charge in [0, 0.05) is 0 Å². The average molecular weight is 168 g/mol. The van der Waals surface area contributed by atoms with Gasteiger partial charge >= 0.3 is 5.97 Å². The molecule has 0 aliphatic carbocycles. The first-order chi connectivity index (χ1) is 5.15. The zero-order chi connectivity index (χ0) is 8.43. The standard InChI is InChI=1S/C6H4N2O2S/c7-2-3-1-4(6(9)10)5(8)11-3/h1H,8H2,(H,9,10). The molecular formula is C6H4N2O2S. The Balaban J connectivity index is 3.20. The Hall–Kier alpha value is -1.54. The number of nitrogens with zero attached hydrogens (tertiary/aromatic N) is 1. The van der Waals surface area contributed by atoms with Gasteiger partial charge < -0.3 is 10.8 Å². The maximum atomic E-state index is 10.4. The van der Waals surface area contributed by atoms with E-state index in [4.69, 9.17) is 16.1 Å². The summed E-state index contributed by atoms with van der Waals surface area (Å²) >= 11 is 0.979. The van der Waals surface area contributed by atoms with Crippen molar-refractivity contribution >= 4 is 22.3 Å². The SMILES string of the molecule is N#Cc1cc(C(=O)O)c(N)s1. The van der Waals surface area contributed by atoms with Gasteiger partial charge in [-0.1, -0.05) is 0 Å². The summed E-state index contributed by atoms with van der Waals surface area (Å²) in [5.41, 5.74) is 5.31. The third kappa shape index (κ3) is 1.30. The molecule has 0 saturated carbocycles. The third-order valence-corrected chi connectivity index (χ3v) is 1.97. The van der Waals surface area contributed by atoms with Gasteiger partial charge in [0.05, 0.1) is 5.56 Å². The third-order valence-electron chi connectivity index (χ3n) is 1.10. The molecule has 1 aromatic heterocycles. The normalized spacial score (nSPS) is 9.00. The molecule has 5 heteroatoms. The largest absolute Gasteiger partial charge is 0.478 e. The summed E-state index contributed by atoms with van der Waals surface area (Å²) in [6.07, 6.45) is 0.